The van der Waals surface area contributed by atoms with Crippen LogP contribution in [0.3, 0.4) is 0 Å². The molecule has 0 saturated heterocycles. The number of aryl methyl sites for hydroxylation is 2. The number of halogens is 1. The van der Waals surface area contributed by atoms with Gasteiger partial charge >= 0.3 is 5.84 Å². The third-order valence-electron chi connectivity index (χ3n) is 1.82. The van der Waals surface area contributed by atoms with E-state index in [1.54, 1.807) is 0 Å². The van der Waals surface area contributed by atoms with Crippen LogP contribution >= 0.6 is 17.1 Å². The summed E-state index contributed by atoms with van der Waals surface area (Å²) in [7, 11) is 0. The average molecular weight is 265 g/mol. The number of benzene rings is 1. The predicted octanol–water partition coefficient (Wildman–Crippen LogP) is 4.18. The molecule has 0 aliphatic heterocycles. The quantitative estimate of drug-likeness (QED) is 0.760. The minimum atomic E-state index is -2.65. The maximum atomic E-state index is 5.96. The van der Waals surface area contributed by atoms with Gasteiger partial charge in [0, 0.05) is 0 Å². The highest BCUT2D eigenvalue weighted by Gasteiger charge is 2.16. The molecule has 1 atom stereocenters. The first kappa shape index (κ1) is 13.0. The van der Waals surface area contributed by atoms with Crippen LogP contribution in [0.4, 0.5) is 0 Å². The molecule has 0 radical (unpaired) electrons. The Labute approximate surface area is 101 Å². The van der Waals surface area contributed by atoms with Crippen molar-refractivity contribution < 1.29 is 9.05 Å². The van der Waals surface area contributed by atoms with Crippen molar-refractivity contribution >= 4 is 28.9 Å². The summed E-state index contributed by atoms with van der Waals surface area (Å²) in [6, 6.07) is 5.85. The molecule has 0 bridgehead atoms. The highest BCUT2D eigenvalue weighted by molar-refractivity contribution is 8.22. The Hall–Kier alpha value is -0.0800. The first-order chi connectivity index (χ1) is 6.94. The molecule has 84 valence electrons. The van der Waals surface area contributed by atoms with Crippen molar-refractivity contribution in [3.05, 3.63) is 29.3 Å². The van der Waals surface area contributed by atoms with Crippen molar-refractivity contribution in [1.82, 2.24) is 0 Å². The summed E-state index contributed by atoms with van der Waals surface area (Å²) in [5, 5.41) is 0. The van der Waals surface area contributed by atoms with Gasteiger partial charge in [-0.1, -0.05) is 17.7 Å². The summed E-state index contributed by atoms with van der Waals surface area (Å²) < 4.78 is 10.7. The molecule has 0 spiro atoms. The minimum Gasteiger partial charge on any atom is -0.433 e. The normalized spacial score (nSPS) is 14.7. The lowest BCUT2D eigenvalue weighted by Crippen LogP contribution is -1.94. The average Bonchev–Trinajstić information content (AvgIpc) is 2.09. The molecule has 2 nitrogen and oxygen atoms in total. The number of rotatable bonds is 4. The van der Waals surface area contributed by atoms with Gasteiger partial charge < -0.3 is 9.05 Å². The van der Waals surface area contributed by atoms with Crippen LogP contribution in [-0.2, 0) is 16.3 Å². The van der Waals surface area contributed by atoms with Gasteiger partial charge in [-0.25, -0.2) is 0 Å². The molecule has 1 unspecified atom stereocenters. The fourth-order valence-electron chi connectivity index (χ4n) is 1.20. The SMILES string of the molecule is CCOP(=S)(Cl)Oc1ccc(C)cc1C. The molecule has 15 heavy (non-hydrogen) atoms. The van der Waals surface area contributed by atoms with E-state index in [4.69, 9.17) is 32.1 Å². The van der Waals surface area contributed by atoms with E-state index in [2.05, 4.69) is 0 Å². The van der Waals surface area contributed by atoms with Gasteiger partial charge in [0.15, 0.2) is 0 Å². The molecule has 5 heteroatoms. The van der Waals surface area contributed by atoms with Gasteiger partial charge in [-0.05, 0) is 55.4 Å². The maximum Gasteiger partial charge on any atom is 0.332 e. The van der Waals surface area contributed by atoms with E-state index < -0.39 is 5.84 Å². The van der Waals surface area contributed by atoms with Crippen molar-refractivity contribution in [2.45, 2.75) is 20.8 Å². The smallest absolute Gasteiger partial charge is 0.332 e. The van der Waals surface area contributed by atoms with Gasteiger partial charge in [-0.2, -0.15) is 0 Å². The van der Waals surface area contributed by atoms with Gasteiger partial charge in [0.05, 0.1) is 6.61 Å². The lowest BCUT2D eigenvalue weighted by molar-refractivity contribution is 0.343. The van der Waals surface area contributed by atoms with Crippen LogP contribution in [0.1, 0.15) is 18.1 Å². The second-order valence-electron chi connectivity index (χ2n) is 3.21. The zero-order valence-corrected chi connectivity index (χ0v) is 11.5. The fourth-order valence-corrected chi connectivity index (χ4v) is 3.07. The Morgan fingerprint density at radius 1 is 1.40 bits per heavy atom. The molecule has 0 fully saturated rings. The van der Waals surface area contributed by atoms with E-state index in [1.165, 1.54) is 5.56 Å². The van der Waals surface area contributed by atoms with Crippen LogP contribution in [0.5, 0.6) is 5.75 Å². The molecule has 0 aliphatic carbocycles. The van der Waals surface area contributed by atoms with Crippen LogP contribution in [0.25, 0.3) is 0 Å². The van der Waals surface area contributed by atoms with E-state index in [-0.39, 0.29) is 0 Å². The zero-order chi connectivity index (χ0) is 11.5. The van der Waals surface area contributed by atoms with E-state index in [1.807, 2.05) is 39.0 Å². The summed E-state index contributed by atoms with van der Waals surface area (Å²) in [6.45, 7) is 6.29. The molecule has 0 heterocycles. The van der Waals surface area contributed by atoms with Crippen LogP contribution in [0.15, 0.2) is 18.2 Å². The Bertz CT molecular complexity index is 395. The zero-order valence-electron chi connectivity index (χ0n) is 8.99. The Balaban J connectivity index is 2.85. The molecule has 0 aromatic heterocycles. The molecule has 0 aliphatic rings. The van der Waals surface area contributed by atoms with E-state index in [0.717, 1.165) is 5.56 Å². The first-order valence-corrected chi connectivity index (χ1v) is 8.20. The monoisotopic (exact) mass is 264 g/mol. The molecule has 0 saturated carbocycles. The van der Waals surface area contributed by atoms with Crippen molar-refractivity contribution in [3.63, 3.8) is 0 Å². The number of hydrogen-bond donors (Lipinski definition) is 0. The number of hydrogen-bond acceptors (Lipinski definition) is 3. The first-order valence-electron chi connectivity index (χ1n) is 4.65. The van der Waals surface area contributed by atoms with Gasteiger partial charge in [0.25, 0.3) is 0 Å². The summed E-state index contributed by atoms with van der Waals surface area (Å²) >= 11 is 11.0. The highest BCUT2D eigenvalue weighted by atomic mass is 35.7. The topological polar surface area (TPSA) is 18.5 Å². The van der Waals surface area contributed by atoms with Crippen molar-refractivity contribution in [2.24, 2.45) is 0 Å². The highest BCUT2D eigenvalue weighted by Crippen LogP contribution is 2.54. The minimum absolute atomic E-state index is 0.464. The van der Waals surface area contributed by atoms with Gasteiger partial charge in [-0.3, -0.25) is 0 Å². The molecular weight excluding hydrogens is 251 g/mol. The third kappa shape index (κ3) is 4.12. The lowest BCUT2D eigenvalue weighted by Gasteiger charge is -2.16. The summed E-state index contributed by atoms with van der Waals surface area (Å²) in [5.74, 6) is -1.95. The summed E-state index contributed by atoms with van der Waals surface area (Å²) in [6.07, 6.45) is 0. The lowest BCUT2D eigenvalue weighted by atomic mass is 10.1. The Morgan fingerprint density at radius 2 is 2.07 bits per heavy atom. The van der Waals surface area contributed by atoms with Gasteiger partial charge in [0.2, 0.25) is 0 Å². The predicted molar refractivity (Wildman–Crippen MR) is 68.3 cm³/mol. The summed E-state index contributed by atoms with van der Waals surface area (Å²) in [5.41, 5.74) is 2.20. The van der Waals surface area contributed by atoms with Crippen LogP contribution in [0, 0.1) is 13.8 Å². The molecule has 1 rings (SSSR count). The second-order valence-corrected chi connectivity index (χ2v) is 7.89. The fraction of sp³-hybridized carbons (Fsp3) is 0.400. The van der Waals surface area contributed by atoms with Crippen LogP contribution in [-0.4, -0.2) is 6.61 Å². The Kier molecular flexibility index (Phi) is 4.60. The summed E-state index contributed by atoms with van der Waals surface area (Å²) in [4.78, 5) is 0. The van der Waals surface area contributed by atoms with Crippen LogP contribution in [0.2, 0.25) is 0 Å². The Morgan fingerprint density at radius 3 is 2.60 bits per heavy atom. The maximum absolute atomic E-state index is 5.96. The van der Waals surface area contributed by atoms with Crippen molar-refractivity contribution in [3.8, 4) is 5.75 Å². The molecule has 1 aromatic rings. The largest absolute Gasteiger partial charge is 0.433 e. The van der Waals surface area contributed by atoms with Gasteiger partial charge in [0.1, 0.15) is 5.75 Å². The second kappa shape index (κ2) is 5.31. The van der Waals surface area contributed by atoms with Crippen molar-refractivity contribution in [2.75, 3.05) is 6.61 Å². The van der Waals surface area contributed by atoms with Crippen molar-refractivity contribution in [1.29, 1.82) is 0 Å². The molecule has 0 N–H and O–H groups in total. The van der Waals surface area contributed by atoms with Crippen LogP contribution < -0.4 is 4.52 Å². The molecule has 1 aromatic carbocycles. The standard InChI is InChI=1S/C10H14ClO2PS/c1-4-12-14(11,15)13-10-6-5-8(2)7-9(10)3/h5-7H,4H2,1-3H3. The third-order valence-corrected chi connectivity index (χ3v) is 3.84. The van der Waals surface area contributed by atoms with Gasteiger partial charge in [-0.15, -0.1) is 0 Å². The molecule has 0 amide bonds. The van der Waals surface area contributed by atoms with E-state index in [0.29, 0.717) is 12.4 Å². The van der Waals surface area contributed by atoms with E-state index >= 15 is 0 Å². The van der Waals surface area contributed by atoms with E-state index in [9.17, 15) is 0 Å². The molecular formula is C10H14ClO2PS.